The van der Waals surface area contributed by atoms with Crippen molar-refractivity contribution < 1.29 is 48.9 Å². The highest BCUT2D eigenvalue weighted by atomic mass is 16.4. The number of aliphatic hydroxyl groups excluding tert-OH is 1. The van der Waals surface area contributed by atoms with Gasteiger partial charge in [-0.25, -0.2) is 9.59 Å². The second-order valence-electron chi connectivity index (χ2n) is 14.4. The van der Waals surface area contributed by atoms with Crippen molar-refractivity contribution in [2.45, 2.75) is 97.0 Å². The third kappa shape index (κ3) is 15.1. The zero-order chi connectivity index (χ0) is 43.7. The molecule has 0 unspecified atom stereocenters. The van der Waals surface area contributed by atoms with Gasteiger partial charge < -0.3 is 53.0 Å². The SMILES string of the molecule is C/C=C1/C(=O)N[C@@H](C(=O)O)[C@H](C)C(=O)N[C@H](CCCN=C(N)N)C(=O)N[C@@H](/C=C/C(C)=C/[C@H](C)[C@@H](O)Cc2ccccc2)[C@H](C)C(=O)N[C@@H](C(=O)O)CCC(=O)N1C. The number of allylic oxidation sites excluding steroid dienone is 3. The minimum Gasteiger partial charge on any atom is -0.480 e. The van der Waals surface area contributed by atoms with E-state index in [4.69, 9.17) is 11.5 Å². The number of nitrogens with zero attached hydrogens (tertiary/aromatic N) is 2. The quantitative estimate of drug-likeness (QED) is 0.0454. The number of hydrogen-bond donors (Lipinski definition) is 9. The van der Waals surface area contributed by atoms with E-state index in [0.717, 1.165) is 10.5 Å². The highest BCUT2D eigenvalue weighted by molar-refractivity contribution is 6.00. The third-order valence-electron chi connectivity index (χ3n) is 9.80. The highest BCUT2D eigenvalue weighted by Crippen LogP contribution is 2.17. The van der Waals surface area contributed by atoms with Gasteiger partial charge in [0.05, 0.1) is 24.0 Å². The van der Waals surface area contributed by atoms with Crippen LogP contribution in [0.1, 0.15) is 65.9 Å². The number of carbonyl (C=O) groups is 7. The van der Waals surface area contributed by atoms with E-state index >= 15 is 0 Å². The monoisotopic (exact) mass is 810 g/mol. The number of hydrogen-bond acceptors (Lipinski definition) is 9. The van der Waals surface area contributed by atoms with Crippen LogP contribution in [0.5, 0.6) is 0 Å². The Morgan fingerprint density at radius 2 is 1.59 bits per heavy atom. The van der Waals surface area contributed by atoms with Crippen LogP contribution in [0, 0.1) is 17.8 Å². The van der Waals surface area contributed by atoms with E-state index in [1.54, 1.807) is 13.0 Å². The summed E-state index contributed by atoms with van der Waals surface area (Å²) in [5, 5.41) is 40.9. The normalized spacial score (nSPS) is 25.3. The van der Waals surface area contributed by atoms with Crippen LogP contribution in [0.3, 0.4) is 0 Å². The summed E-state index contributed by atoms with van der Waals surface area (Å²) in [5.41, 5.74) is 12.2. The summed E-state index contributed by atoms with van der Waals surface area (Å²) in [5.74, 6) is -10.3. The number of carboxylic acid groups (broad SMARTS) is 2. The van der Waals surface area contributed by atoms with Gasteiger partial charge in [-0.1, -0.05) is 81.0 Å². The van der Waals surface area contributed by atoms with Crippen LogP contribution >= 0.6 is 0 Å². The molecule has 18 heteroatoms. The molecule has 58 heavy (non-hydrogen) atoms. The molecule has 0 radical (unpaired) electrons. The number of nitrogens with two attached hydrogens (primary N) is 2. The number of aliphatic imine (C=N–C) groups is 1. The van der Waals surface area contributed by atoms with E-state index in [-0.39, 0.29) is 43.4 Å². The van der Waals surface area contributed by atoms with Crippen LogP contribution in [0.2, 0.25) is 0 Å². The lowest BCUT2D eigenvalue weighted by Gasteiger charge is -2.28. The smallest absolute Gasteiger partial charge is 0.327 e. The number of carboxylic acids is 2. The fourth-order valence-electron chi connectivity index (χ4n) is 6.10. The molecule has 1 aliphatic rings. The Bertz CT molecular complexity index is 1760. The second-order valence-corrected chi connectivity index (χ2v) is 14.4. The van der Waals surface area contributed by atoms with E-state index < -0.39 is 90.0 Å². The Hall–Kier alpha value is -6.04. The first kappa shape index (κ1) is 48.1. The molecular weight excluding hydrogens is 752 g/mol. The number of amides is 5. The number of benzene rings is 1. The van der Waals surface area contributed by atoms with Crippen LogP contribution < -0.4 is 32.7 Å². The Morgan fingerprint density at radius 1 is 0.948 bits per heavy atom. The van der Waals surface area contributed by atoms with Crippen LogP contribution in [0.25, 0.3) is 0 Å². The van der Waals surface area contributed by atoms with Gasteiger partial charge in [-0.2, -0.15) is 0 Å². The molecule has 0 saturated carbocycles. The first-order valence-electron chi connectivity index (χ1n) is 19.0. The molecule has 1 saturated heterocycles. The molecule has 1 heterocycles. The zero-order valence-corrected chi connectivity index (χ0v) is 33.8. The van der Waals surface area contributed by atoms with Crippen LogP contribution in [0.15, 0.2) is 70.9 Å². The lowest BCUT2D eigenvalue weighted by molar-refractivity contribution is -0.146. The summed E-state index contributed by atoms with van der Waals surface area (Å²) >= 11 is 0. The molecule has 5 amide bonds. The fourth-order valence-corrected chi connectivity index (χ4v) is 6.10. The summed E-state index contributed by atoms with van der Waals surface area (Å²) in [6.07, 6.45) is 5.22. The van der Waals surface area contributed by atoms with Crippen molar-refractivity contribution in [1.29, 1.82) is 0 Å². The second kappa shape index (κ2) is 23.3. The van der Waals surface area contributed by atoms with Crippen molar-refractivity contribution >= 4 is 47.4 Å². The molecule has 1 fully saturated rings. The number of carbonyl (C=O) groups excluding carboxylic acids is 5. The zero-order valence-electron chi connectivity index (χ0n) is 33.8. The first-order chi connectivity index (χ1) is 27.3. The van der Waals surface area contributed by atoms with Crippen molar-refractivity contribution in [2.75, 3.05) is 13.6 Å². The molecule has 0 spiro atoms. The molecule has 318 valence electrons. The molecule has 2 rings (SSSR count). The van der Waals surface area contributed by atoms with Gasteiger partial charge in [0.25, 0.3) is 5.91 Å². The maximum absolute atomic E-state index is 14.0. The minimum atomic E-state index is -1.81. The summed E-state index contributed by atoms with van der Waals surface area (Å²) in [4.78, 5) is 97.2. The van der Waals surface area contributed by atoms with Gasteiger partial charge in [-0.05, 0) is 45.1 Å². The number of aliphatic carboxylic acids is 2. The van der Waals surface area contributed by atoms with Gasteiger partial charge in [0.15, 0.2) is 5.96 Å². The number of guanidine groups is 1. The molecule has 1 aromatic carbocycles. The van der Waals surface area contributed by atoms with Gasteiger partial charge in [0.1, 0.15) is 23.8 Å². The summed E-state index contributed by atoms with van der Waals surface area (Å²) in [7, 11) is 1.24. The molecule has 1 aromatic rings. The Labute approximate surface area is 338 Å². The van der Waals surface area contributed by atoms with Crippen molar-refractivity contribution in [3.8, 4) is 0 Å². The molecule has 8 atom stereocenters. The lowest BCUT2D eigenvalue weighted by atomic mass is 9.94. The first-order valence-corrected chi connectivity index (χ1v) is 19.0. The van der Waals surface area contributed by atoms with E-state index in [1.807, 2.05) is 43.3 Å². The summed E-state index contributed by atoms with van der Waals surface area (Å²) < 4.78 is 0. The van der Waals surface area contributed by atoms with Gasteiger partial charge in [-0.15, -0.1) is 0 Å². The average molecular weight is 811 g/mol. The molecule has 1 aliphatic heterocycles. The lowest BCUT2D eigenvalue weighted by Crippen LogP contribution is -2.56. The molecule has 0 bridgehead atoms. The van der Waals surface area contributed by atoms with Gasteiger partial charge in [0.2, 0.25) is 23.6 Å². The standard InChI is InChI=1S/C40H58N8O10/c1-7-30-37(54)47-33(39(57)58)25(5)35(52)45-28(14-11-19-43-40(41)42)36(53)44-27(24(4)34(51)46-29(38(55)56)17-18-32(50)48(30)6)16-15-22(2)20-23(3)31(49)21-26-12-9-8-10-13-26/h7-10,12-13,15-16,20,23-25,27-29,31,33,49H,11,14,17-19,21H2,1-6H3,(H,44,53)(H,45,52)(H,46,51)(H,47,54)(H,55,56)(H,57,58)(H4,41,42,43)/b16-15+,22-20+,30-7-/t23-,24-,25-,27-,28+,29+,31-,33+/m0/s1. The van der Waals surface area contributed by atoms with Crippen molar-refractivity contribution in [3.05, 3.63) is 71.5 Å². The minimum absolute atomic E-state index is 0.0470. The third-order valence-corrected chi connectivity index (χ3v) is 9.80. The largest absolute Gasteiger partial charge is 0.480 e. The average Bonchev–Trinajstić information content (AvgIpc) is 3.17. The number of rotatable bonds is 12. The van der Waals surface area contributed by atoms with E-state index in [9.17, 15) is 48.9 Å². The maximum Gasteiger partial charge on any atom is 0.327 e. The maximum atomic E-state index is 14.0. The van der Waals surface area contributed by atoms with Crippen LogP contribution in [-0.4, -0.2) is 112 Å². The van der Waals surface area contributed by atoms with Crippen LogP contribution in [0.4, 0.5) is 0 Å². The number of aliphatic hydroxyl groups is 1. The number of nitrogens with one attached hydrogen (secondary N) is 4. The van der Waals surface area contributed by atoms with Gasteiger partial charge >= 0.3 is 11.9 Å². The summed E-state index contributed by atoms with van der Waals surface area (Å²) in [6, 6.07) is 3.66. The van der Waals surface area contributed by atoms with Crippen molar-refractivity contribution in [2.24, 2.45) is 34.2 Å². The Balaban J connectivity index is 2.61. The number of likely N-dealkylation sites (N-methyl/N-ethyl adjacent to an activating group) is 1. The van der Waals surface area contributed by atoms with E-state index in [2.05, 4.69) is 26.3 Å². The Morgan fingerprint density at radius 3 is 2.17 bits per heavy atom. The van der Waals surface area contributed by atoms with E-state index in [0.29, 0.717) is 12.0 Å². The van der Waals surface area contributed by atoms with Gasteiger partial charge in [-0.3, -0.25) is 29.0 Å². The van der Waals surface area contributed by atoms with Crippen LogP contribution in [-0.2, 0) is 40.0 Å². The molecule has 0 aromatic heterocycles. The predicted molar refractivity (Wildman–Crippen MR) is 215 cm³/mol. The van der Waals surface area contributed by atoms with E-state index in [1.165, 1.54) is 40.0 Å². The topological polar surface area (TPSA) is 296 Å². The molecule has 0 aliphatic carbocycles. The van der Waals surface area contributed by atoms with Crippen molar-refractivity contribution in [3.63, 3.8) is 0 Å². The highest BCUT2D eigenvalue weighted by Gasteiger charge is 2.36. The van der Waals surface area contributed by atoms with Crippen molar-refractivity contribution in [1.82, 2.24) is 26.2 Å². The molecule has 11 N–H and O–H groups in total. The summed E-state index contributed by atoms with van der Waals surface area (Å²) in [6.45, 7) is 7.79. The Kier molecular flexibility index (Phi) is 19.3. The molecule has 18 nitrogen and oxygen atoms in total. The fraction of sp³-hybridized carbons (Fsp3) is 0.500. The molecular formula is C40H58N8O10. The van der Waals surface area contributed by atoms with Gasteiger partial charge in [0, 0.05) is 25.9 Å². The predicted octanol–water partition coefficient (Wildman–Crippen LogP) is 0.319.